The van der Waals surface area contributed by atoms with Gasteiger partial charge in [-0.05, 0) is 54.8 Å². The van der Waals surface area contributed by atoms with E-state index in [-0.39, 0.29) is 11.7 Å². The molecular formula is C23H19FN6O. The first-order chi connectivity index (χ1) is 15.1. The van der Waals surface area contributed by atoms with Crippen LogP contribution in [0.1, 0.15) is 18.4 Å². The van der Waals surface area contributed by atoms with Gasteiger partial charge in [0.1, 0.15) is 30.1 Å². The second-order valence-corrected chi connectivity index (χ2v) is 7.48. The molecule has 31 heavy (non-hydrogen) atoms. The summed E-state index contributed by atoms with van der Waals surface area (Å²) in [5.74, 6) is 0.975. The zero-order valence-electron chi connectivity index (χ0n) is 16.5. The average molecular weight is 414 g/mol. The van der Waals surface area contributed by atoms with Gasteiger partial charge in [-0.2, -0.15) is 0 Å². The number of nitrogens with zero attached hydrogens (tertiary/aromatic N) is 4. The predicted octanol–water partition coefficient (Wildman–Crippen LogP) is 4.22. The van der Waals surface area contributed by atoms with Crippen molar-refractivity contribution in [2.75, 3.05) is 10.6 Å². The molecule has 0 aliphatic heterocycles. The molecule has 0 spiro atoms. The highest BCUT2D eigenvalue weighted by atomic mass is 19.1. The Hall–Kier alpha value is -4.07. The molecule has 2 aromatic heterocycles. The van der Waals surface area contributed by atoms with Crippen molar-refractivity contribution in [3.63, 3.8) is 0 Å². The molecule has 2 aromatic carbocycles. The van der Waals surface area contributed by atoms with Gasteiger partial charge in [0.25, 0.3) is 0 Å². The number of carbonyl (C=O) groups is 1. The van der Waals surface area contributed by atoms with Gasteiger partial charge in [-0.15, -0.1) is 0 Å². The maximum absolute atomic E-state index is 13.2. The molecule has 2 heterocycles. The summed E-state index contributed by atoms with van der Waals surface area (Å²) in [5.41, 5.74) is 1.82. The van der Waals surface area contributed by atoms with Gasteiger partial charge in [-0.1, -0.05) is 12.1 Å². The Morgan fingerprint density at radius 1 is 1.00 bits per heavy atom. The van der Waals surface area contributed by atoms with Gasteiger partial charge < -0.3 is 10.6 Å². The van der Waals surface area contributed by atoms with Crippen LogP contribution in [0.5, 0.6) is 0 Å². The van der Waals surface area contributed by atoms with Crippen LogP contribution in [0, 0.1) is 5.82 Å². The summed E-state index contributed by atoms with van der Waals surface area (Å²) < 4.78 is 15.0. The number of carbonyl (C=O) groups excluding carboxylic acids is 1. The van der Waals surface area contributed by atoms with Gasteiger partial charge in [0, 0.05) is 29.8 Å². The van der Waals surface area contributed by atoms with Crippen LogP contribution in [0.25, 0.3) is 5.82 Å². The van der Waals surface area contributed by atoms with Gasteiger partial charge in [0.2, 0.25) is 5.91 Å². The number of halogens is 1. The molecule has 1 aliphatic rings. The summed E-state index contributed by atoms with van der Waals surface area (Å²) in [5, 5.41) is 6.21. The minimum Gasteiger partial charge on any atom is -0.340 e. The molecule has 0 unspecified atom stereocenters. The third-order valence-corrected chi connectivity index (χ3v) is 5.42. The molecule has 0 saturated heterocycles. The summed E-state index contributed by atoms with van der Waals surface area (Å²) in [6.07, 6.45) is 8.17. The lowest BCUT2D eigenvalue weighted by atomic mass is 9.95. The molecule has 4 aromatic rings. The first-order valence-corrected chi connectivity index (χ1v) is 9.87. The van der Waals surface area contributed by atoms with Gasteiger partial charge in [0.15, 0.2) is 0 Å². The van der Waals surface area contributed by atoms with E-state index in [2.05, 4.69) is 25.6 Å². The fourth-order valence-electron chi connectivity index (χ4n) is 3.53. The largest absolute Gasteiger partial charge is 0.340 e. The number of hydrogen-bond donors (Lipinski definition) is 2. The van der Waals surface area contributed by atoms with E-state index in [0.717, 1.165) is 24.1 Å². The maximum Gasteiger partial charge on any atom is 0.235 e. The molecule has 1 aliphatic carbocycles. The fraction of sp³-hybridized carbons (Fsp3) is 0.130. The van der Waals surface area contributed by atoms with Gasteiger partial charge >= 0.3 is 0 Å². The molecule has 1 saturated carbocycles. The molecule has 7 nitrogen and oxygen atoms in total. The van der Waals surface area contributed by atoms with Crippen LogP contribution in [0.2, 0.25) is 0 Å². The van der Waals surface area contributed by atoms with E-state index in [0.29, 0.717) is 17.3 Å². The Morgan fingerprint density at radius 2 is 1.74 bits per heavy atom. The Morgan fingerprint density at radius 3 is 2.42 bits per heavy atom. The van der Waals surface area contributed by atoms with Crippen LogP contribution < -0.4 is 10.6 Å². The van der Waals surface area contributed by atoms with Gasteiger partial charge in [-0.25, -0.2) is 19.3 Å². The van der Waals surface area contributed by atoms with Crippen molar-refractivity contribution in [2.45, 2.75) is 18.3 Å². The van der Waals surface area contributed by atoms with Crippen LogP contribution in [0.3, 0.4) is 0 Å². The summed E-state index contributed by atoms with van der Waals surface area (Å²) >= 11 is 0. The monoisotopic (exact) mass is 414 g/mol. The van der Waals surface area contributed by atoms with Crippen LogP contribution in [-0.2, 0) is 10.2 Å². The lowest BCUT2D eigenvalue weighted by Crippen LogP contribution is -2.27. The average Bonchev–Trinajstić information content (AvgIpc) is 3.42. The number of imidazole rings is 1. The van der Waals surface area contributed by atoms with E-state index < -0.39 is 5.41 Å². The van der Waals surface area contributed by atoms with Crippen LogP contribution in [0.15, 0.2) is 79.6 Å². The minimum absolute atomic E-state index is 0.0689. The van der Waals surface area contributed by atoms with E-state index in [4.69, 9.17) is 0 Å². The summed E-state index contributed by atoms with van der Waals surface area (Å²) in [4.78, 5) is 25.4. The SMILES string of the molecule is O=C(Nc1ccc(Nc2cc(-n3ccnc3)ncn2)cc1)C1(c2ccc(F)cc2)CC1. The Balaban J connectivity index is 1.26. The molecule has 154 valence electrons. The molecule has 0 bridgehead atoms. The normalized spacial score (nSPS) is 14.1. The second-order valence-electron chi connectivity index (χ2n) is 7.48. The zero-order valence-corrected chi connectivity index (χ0v) is 16.5. The van der Waals surface area contributed by atoms with Crippen molar-refractivity contribution in [2.24, 2.45) is 0 Å². The van der Waals surface area contributed by atoms with Crippen molar-refractivity contribution in [1.29, 1.82) is 0 Å². The lowest BCUT2D eigenvalue weighted by molar-refractivity contribution is -0.118. The van der Waals surface area contributed by atoms with E-state index >= 15 is 0 Å². The van der Waals surface area contributed by atoms with E-state index in [1.54, 1.807) is 29.2 Å². The highest BCUT2D eigenvalue weighted by Crippen LogP contribution is 2.49. The quantitative estimate of drug-likeness (QED) is 0.494. The predicted molar refractivity (Wildman–Crippen MR) is 115 cm³/mol. The smallest absolute Gasteiger partial charge is 0.235 e. The molecule has 0 radical (unpaired) electrons. The molecule has 1 amide bonds. The summed E-state index contributed by atoms with van der Waals surface area (Å²) in [7, 11) is 0. The molecule has 5 rings (SSSR count). The number of nitrogens with one attached hydrogen (secondary N) is 2. The number of anilines is 3. The number of aromatic nitrogens is 4. The standard InChI is InChI=1S/C23H19FN6O/c24-17-3-1-16(2-4-17)23(9-10-23)22(31)29-19-7-5-18(6-8-19)28-20-13-21(27-14-26-20)30-12-11-25-15-30/h1-8,11-15H,9-10H2,(H,29,31)(H,26,27,28). The zero-order chi connectivity index (χ0) is 21.3. The van der Waals surface area contributed by atoms with Crippen LogP contribution >= 0.6 is 0 Å². The number of benzene rings is 2. The van der Waals surface area contributed by atoms with E-state index in [1.165, 1.54) is 18.5 Å². The lowest BCUT2D eigenvalue weighted by Gasteiger charge is -2.16. The maximum atomic E-state index is 13.2. The minimum atomic E-state index is -0.560. The summed E-state index contributed by atoms with van der Waals surface area (Å²) in [6.45, 7) is 0. The van der Waals surface area contributed by atoms with Crippen molar-refractivity contribution in [1.82, 2.24) is 19.5 Å². The highest BCUT2D eigenvalue weighted by molar-refractivity contribution is 6.01. The van der Waals surface area contributed by atoms with Crippen molar-refractivity contribution in [3.05, 3.63) is 91.0 Å². The van der Waals surface area contributed by atoms with Crippen LogP contribution in [0.4, 0.5) is 21.6 Å². The first-order valence-electron chi connectivity index (χ1n) is 9.87. The highest BCUT2D eigenvalue weighted by Gasteiger charge is 2.51. The first kappa shape index (κ1) is 18.9. The van der Waals surface area contributed by atoms with E-state index in [1.807, 2.05) is 36.5 Å². The number of rotatable bonds is 6. The van der Waals surface area contributed by atoms with Gasteiger partial charge in [0.05, 0.1) is 5.41 Å². The Bertz CT molecular complexity index is 1200. The summed E-state index contributed by atoms with van der Waals surface area (Å²) in [6, 6.07) is 15.4. The third-order valence-electron chi connectivity index (χ3n) is 5.42. The second kappa shape index (κ2) is 7.64. The Kier molecular flexibility index (Phi) is 4.66. The van der Waals surface area contributed by atoms with Crippen LogP contribution in [-0.4, -0.2) is 25.4 Å². The molecular weight excluding hydrogens is 395 g/mol. The molecule has 1 fully saturated rings. The van der Waals surface area contributed by atoms with Crippen molar-refractivity contribution in [3.8, 4) is 5.82 Å². The fourth-order valence-corrected chi connectivity index (χ4v) is 3.53. The molecule has 0 atom stereocenters. The van der Waals surface area contributed by atoms with Gasteiger partial charge in [-0.3, -0.25) is 9.36 Å². The van der Waals surface area contributed by atoms with Crippen molar-refractivity contribution < 1.29 is 9.18 Å². The number of amides is 1. The van der Waals surface area contributed by atoms with Crippen molar-refractivity contribution >= 4 is 23.1 Å². The third kappa shape index (κ3) is 3.87. The topological polar surface area (TPSA) is 84.7 Å². The van der Waals surface area contributed by atoms with E-state index in [9.17, 15) is 9.18 Å². The number of hydrogen-bond acceptors (Lipinski definition) is 5. The Labute approximate surface area is 178 Å². The molecule has 8 heteroatoms. The molecule has 2 N–H and O–H groups in total.